The van der Waals surface area contributed by atoms with E-state index in [1.165, 1.54) is 0 Å². The first-order chi connectivity index (χ1) is 10.0. The van der Waals surface area contributed by atoms with E-state index in [0.29, 0.717) is 11.3 Å². The van der Waals surface area contributed by atoms with Crippen LogP contribution in [0.5, 0.6) is 0 Å². The predicted molar refractivity (Wildman–Crippen MR) is 75.3 cm³/mol. The topological polar surface area (TPSA) is 56.8 Å². The average molecular weight is 301 g/mol. The molecule has 0 unspecified atom stereocenters. The van der Waals surface area contributed by atoms with Crippen LogP contribution in [-0.2, 0) is 6.18 Å². The SMILES string of the molecule is CC.FC(F)(F)c1nc2nc(N3CCNCC3)ccc2[nH]1. The molecule has 0 radical (unpaired) electrons. The standard InChI is InChI=1S/C11H12F3N5.C2H6/c12-11(13,14)10-16-7-1-2-8(17-9(7)18-10)19-5-3-15-4-6-19;1-2/h1-2,15H,3-6H2,(H,16,17,18);1-2H3. The number of halogens is 3. The van der Waals surface area contributed by atoms with E-state index in [4.69, 9.17) is 0 Å². The maximum absolute atomic E-state index is 12.5. The van der Waals surface area contributed by atoms with Crippen LogP contribution in [0.1, 0.15) is 19.7 Å². The summed E-state index contributed by atoms with van der Waals surface area (Å²) in [5.74, 6) is -0.346. The Morgan fingerprint density at radius 2 is 1.76 bits per heavy atom. The number of nitrogens with zero attached hydrogens (tertiary/aromatic N) is 3. The van der Waals surface area contributed by atoms with Crippen molar-refractivity contribution in [3.63, 3.8) is 0 Å². The lowest BCUT2D eigenvalue weighted by atomic mass is 10.3. The van der Waals surface area contributed by atoms with E-state index in [9.17, 15) is 13.2 Å². The molecule has 1 fully saturated rings. The molecule has 116 valence electrons. The second-order valence-electron chi connectivity index (χ2n) is 4.36. The number of fused-ring (bicyclic) bond motifs is 1. The third-order valence-electron chi connectivity index (χ3n) is 3.04. The lowest BCUT2D eigenvalue weighted by molar-refractivity contribution is -0.144. The van der Waals surface area contributed by atoms with Crippen molar-refractivity contribution in [3.8, 4) is 0 Å². The first-order valence-electron chi connectivity index (χ1n) is 6.94. The zero-order chi connectivity index (χ0) is 15.5. The average Bonchev–Trinajstić information content (AvgIpc) is 2.93. The van der Waals surface area contributed by atoms with Gasteiger partial charge in [-0.25, -0.2) is 9.97 Å². The summed E-state index contributed by atoms with van der Waals surface area (Å²) in [6.07, 6.45) is -4.48. The molecule has 0 amide bonds. The van der Waals surface area contributed by atoms with E-state index >= 15 is 0 Å². The molecule has 0 bridgehead atoms. The van der Waals surface area contributed by atoms with E-state index in [0.717, 1.165) is 26.2 Å². The van der Waals surface area contributed by atoms with Crippen LogP contribution < -0.4 is 10.2 Å². The van der Waals surface area contributed by atoms with Crippen molar-refractivity contribution in [2.45, 2.75) is 20.0 Å². The van der Waals surface area contributed by atoms with Gasteiger partial charge in [0, 0.05) is 26.2 Å². The molecule has 21 heavy (non-hydrogen) atoms. The molecule has 2 aromatic heterocycles. The van der Waals surface area contributed by atoms with Crippen LogP contribution in [0.15, 0.2) is 12.1 Å². The molecule has 5 nitrogen and oxygen atoms in total. The first kappa shape index (κ1) is 15.6. The summed E-state index contributed by atoms with van der Waals surface area (Å²) in [7, 11) is 0. The van der Waals surface area contributed by atoms with Crippen LogP contribution in [0.3, 0.4) is 0 Å². The van der Waals surface area contributed by atoms with Crippen molar-refractivity contribution in [2.75, 3.05) is 31.1 Å². The maximum Gasteiger partial charge on any atom is 0.449 e. The molecule has 0 aromatic carbocycles. The number of aromatic amines is 1. The normalized spacial score (nSPS) is 15.8. The highest BCUT2D eigenvalue weighted by Gasteiger charge is 2.35. The van der Waals surface area contributed by atoms with Gasteiger partial charge in [0.05, 0.1) is 5.52 Å². The van der Waals surface area contributed by atoms with Crippen LogP contribution in [0.4, 0.5) is 19.0 Å². The van der Waals surface area contributed by atoms with Crippen LogP contribution >= 0.6 is 0 Å². The van der Waals surface area contributed by atoms with Gasteiger partial charge in [0.25, 0.3) is 0 Å². The fourth-order valence-electron chi connectivity index (χ4n) is 2.09. The molecular formula is C13H18F3N5. The molecule has 3 heterocycles. The van der Waals surface area contributed by atoms with Crippen molar-refractivity contribution < 1.29 is 13.2 Å². The van der Waals surface area contributed by atoms with E-state index in [2.05, 4.69) is 20.3 Å². The Labute approximate surface area is 120 Å². The van der Waals surface area contributed by atoms with Crippen molar-refractivity contribution in [1.29, 1.82) is 0 Å². The van der Waals surface area contributed by atoms with Gasteiger partial charge >= 0.3 is 6.18 Å². The highest BCUT2D eigenvalue weighted by molar-refractivity contribution is 5.73. The summed E-state index contributed by atoms with van der Waals surface area (Å²) in [5, 5.41) is 3.21. The number of piperazine rings is 1. The van der Waals surface area contributed by atoms with E-state index in [1.807, 2.05) is 18.7 Å². The Kier molecular flexibility index (Phi) is 4.66. The number of nitrogens with one attached hydrogen (secondary N) is 2. The van der Waals surface area contributed by atoms with E-state index < -0.39 is 12.0 Å². The van der Waals surface area contributed by atoms with Gasteiger partial charge in [0.1, 0.15) is 5.82 Å². The van der Waals surface area contributed by atoms with Gasteiger partial charge in [0.2, 0.25) is 5.82 Å². The van der Waals surface area contributed by atoms with Gasteiger partial charge in [-0.2, -0.15) is 13.2 Å². The Morgan fingerprint density at radius 1 is 1.10 bits per heavy atom. The molecular weight excluding hydrogens is 283 g/mol. The zero-order valence-corrected chi connectivity index (χ0v) is 12.0. The second kappa shape index (κ2) is 6.30. The molecule has 0 aliphatic carbocycles. The van der Waals surface area contributed by atoms with Crippen molar-refractivity contribution in [3.05, 3.63) is 18.0 Å². The van der Waals surface area contributed by atoms with Gasteiger partial charge in [-0.15, -0.1) is 0 Å². The molecule has 1 aliphatic heterocycles. The summed E-state index contributed by atoms with van der Waals surface area (Å²) in [6, 6.07) is 3.30. The number of H-pyrrole nitrogens is 1. The smallest absolute Gasteiger partial charge is 0.354 e. The third kappa shape index (κ3) is 3.44. The predicted octanol–water partition coefficient (Wildman–Crippen LogP) is 2.41. The van der Waals surface area contributed by atoms with Crippen LogP contribution in [0.25, 0.3) is 11.2 Å². The van der Waals surface area contributed by atoms with Gasteiger partial charge in [-0.1, -0.05) is 13.8 Å². The number of alkyl halides is 3. The number of rotatable bonds is 1. The molecule has 1 aliphatic rings. The minimum Gasteiger partial charge on any atom is -0.354 e. The number of pyridine rings is 1. The lowest BCUT2D eigenvalue weighted by Crippen LogP contribution is -2.43. The number of hydrogen-bond donors (Lipinski definition) is 2. The molecule has 2 N–H and O–H groups in total. The molecule has 2 aromatic rings. The number of anilines is 1. The molecule has 8 heteroatoms. The summed E-state index contributed by atoms with van der Waals surface area (Å²) >= 11 is 0. The molecule has 0 atom stereocenters. The third-order valence-corrected chi connectivity index (χ3v) is 3.04. The second-order valence-corrected chi connectivity index (χ2v) is 4.36. The van der Waals surface area contributed by atoms with Gasteiger partial charge in [-0.3, -0.25) is 0 Å². The fourth-order valence-corrected chi connectivity index (χ4v) is 2.09. The Bertz CT molecular complexity index is 587. The quantitative estimate of drug-likeness (QED) is 0.849. The van der Waals surface area contributed by atoms with Gasteiger partial charge in [0.15, 0.2) is 5.65 Å². The maximum atomic E-state index is 12.5. The molecule has 1 saturated heterocycles. The van der Waals surface area contributed by atoms with Crippen LogP contribution in [0.2, 0.25) is 0 Å². The highest BCUT2D eigenvalue weighted by atomic mass is 19.4. The number of imidazole rings is 1. The highest BCUT2D eigenvalue weighted by Crippen LogP contribution is 2.28. The monoisotopic (exact) mass is 301 g/mol. The summed E-state index contributed by atoms with van der Waals surface area (Å²) in [4.78, 5) is 12.0. The van der Waals surface area contributed by atoms with Gasteiger partial charge in [-0.05, 0) is 12.1 Å². The van der Waals surface area contributed by atoms with Gasteiger partial charge < -0.3 is 15.2 Å². The minimum absolute atomic E-state index is 0.100. The van der Waals surface area contributed by atoms with Crippen molar-refractivity contribution in [1.82, 2.24) is 20.3 Å². The Balaban J connectivity index is 0.000000774. The van der Waals surface area contributed by atoms with Crippen LogP contribution in [0, 0.1) is 0 Å². The summed E-state index contributed by atoms with van der Waals surface area (Å²) < 4.78 is 37.6. The largest absolute Gasteiger partial charge is 0.449 e. The number of hydrogen-bond acceptors (Lipinski definition) is 4. The van der Waals surface area contributed by atoms with Crippen molar-refractivity contribution >= 4 is 17.0 Å². The summed E-state index contributed by atoms with van der Waals surface area (Å²) in [5.41, 5.74) is 0.398. The molecule has 0 saturated carbocycles. The lowest BCUT2D eigenvalue weighted by Gasteiger charge is -2.28. The fraction of sp³-hybridized carbons (Fsp3) is 0.538. The Hall–Kier alpha value is -1.83. The molecule has 3 rings (SSSR count). The molecule has 0 spiro atoms. The van der Waals surface area contributed by atoms with E-state index in [1.54, 1.807) is 12.1 Å². The first-order valence-corrected chi connectivity index (χ1v) is 6.94. The Morgan fingerprint density at radius 3 is 2.38 bits per heavy atom. The van der Waals surface area contributed by atoms with E-state index in [-0.39, 0.29) is 5.65 Å². The van der Waals surface area contributed by atoms with Crippen molar-refractivity contribution in [2.24, 2.45) is 0 Å². The number of aromatic nitrogens is 3. The summed E-state index contributed by atoms with van der Waals surface area (Å²) in [6.45, 7) is 7.26. The zero-order valence-electron chi connectivity index (χ0n) is 12.0. The minimum atomic E-state index is -4.48. The van der Waals surface area contributed by atoms with Crippen LogP contribution in [-0.4, -0.2) is 41.1 Å².